The van der Waals surface area contributed by atoms with E-state index in [1.54, 1.807) is 12.4 Å². The van der Waals surface area contributed by atoms with Crippen LogP contribution in [0, 0.1) is 11.3 Å². The van der Waals surface area contributed by atoms with Crippen LogP contribution in [0.2, 0.25) is 0 Å². The van der Waals surface area contributed by atoms with Crippen LogP contribution in [0.1, 0.15) is 24.0 Å². The zero-order chi connectivity index (χ0) is 16.6. The van der Waals surface area contributed by atoms with Gasteiger partial charge in [-0.05, 0) is 48.7 Å². The topological polar surface area (TPSA) is 84.7 Å². The number of aromatic amines is 1. The molecule has 24 heavy (non-hydrogen) atoms. The predicted octanol–water partition coefficient (Wildman–Crippen LogP) is 2.67. The van der Waals surface area contributed by atoms with Gasteiger partial charge in [-0.15, -0.1) is 0 Å². The summed E-state index contributed by atoms with van der Waals surface area (Å²) in [5.74, 6) is 0. The number of nitrogens with one attached hydrogen (secondary N) is 2. The van der Waals surface area contributed by atoms with E-state index in [1.165, 1.54) is 0 Å². The summed E-state index contributed by atoms with van der Waals surface area (Å²) < 4.78 is 0. The number of nitrogens with zero attached hydrogens (tertiary/aromatic N) is 2. The van der Waals surface area contributed by atoms with Gasteiger partial charge >= 0.3 is 0 Å². The maximum Gasteiger partial charge on any atom is 0.139 e. The van der Waals surface area contributed by atoms with Crippen LogP contribution in [0.5, 0.6) is 0 Å². The number of benzene rings is 1. The molecule has 1 aliphatic heterocycles. The number of fused-ring (bicyclic) bond motifs is 1. The number of H-pyrrole nitrogens is 1. The third-order valence-corrected chi connectivity index (χ3v) is 4.86. The molecule has 1 saturated heterocycles. The second-order valence-corrected chi connectivity index (χ2v) is 6.26. The van der Waals surface area contributed by atoms with Crippen molar-refractivity contribution in [2.24, 2.45) is 0 Å². The Hall–Kier alpha value is -2.68. The standard InChI is InChI=1S/C19H18N4O/c20-11-14-12-23-18-17(14)16(5-8-22-18)13-1-3-15(4-2-13)19(24)6-9-21-10-7-19/h1-5,8,12,21,24H,6-7,9-10H2,(H,22,23). The Balaban J connectivity index is 1.76. The lowest BCUT2D eigenvalue weighted by Gasteiger charge is -2.33. The Bertz CT molecular complexity index is 915. The second-order valence-electron chi connectivity index (χ2n) is 6.26. The molecule has 0 saturated carbocycles. The minimum atomic E-state index is -0.747. The van der Waals surface area contributed by atoms with Crippen molar-refractivity contribution < 1.29 is 5.11 Å². The highest BCUT2D eigenvalue weighted by atomic mass is 16.3. The van der Waals surface area contributed by atoms with E-state index in [0.29, 0.717) is 11.2 Å². The molecule has 0 amide bonds. The highest BCUT2D eigenvalue weighted by Gasteiger charge is 2.30. The van der Waals surface area contributed by atoms with Crippen molar-refractivity contribution in [3.8, 4) is 17.2 Å². The molecular weight excluding hydrogens is 300 g/mol. The minimum absolute atomic E-state index is 0.592. The van der Waals surface area contributed by atoms with Gasteiger partial charge in [-0.2, -0.15) is 5.26 Å². The molecule has 0 unspecified atom stereocenters. The van der Waals surface area contributed by atoms with Gasteiger partial charge in [0.1, 0.15) is 11.7 Å². The SMILES string of the molecule is N#Cc1c[nH]c2nccc(-c3ccc(C4(O)CCNCC4)cc3)c12. The first-order chi connectivity index (χ1) is 11.7. The smallest absolute Gasteiger partial charge is 0.139 e. The van der Waals surface area contributed by atoms with Crippen molar-refractivity contribution in [2.45, 2.75) is 18.4 Å². The van der Waals surface area contributed by atoms with E-state index in [9.17, 15) is 10.4 Å². The van der Waals surface area contributed by atoms with Gasteiger partial charge < -0.3 is 15.4 Å². The lowest BCUT2D eigenvalue weighted by atomic mass is 9.84. The number of hydrogen-bond donors (Lipinski definition) is 3. The minimum Gasteiger partial charge on any atom is -0.385 e. The van der Waals surface area contributed by atoms with Crippen LogP contribution in [0.15, 0.2) is 42.7 Å². The van der Waals surface area contributed by atoms with E-state index in [1.807, 2.05) is 30.3 Å². The van der Waals surface area contributed by atoms with Crippen LogP contribution < -0.4 is 5.32 Å². The molecule has 1 fully saturated rings. The molecule has 4 rings (SSSR count). The Morgan fingerprint density at radius 2 is 1.88 bits per heavy atom. The highest BCUT2D eigenvalue weighted by molar-refractivity contribution is 5.97. The normalized spacial score (nSPS) is 16.8. The average Bonchev–Trinajstić information content (AvgIpc) is 3.06. The van der Waals surface area contributed by atoms with Crippen molar-refractivity contribution in [2.75, 3.05) is 13.1 Å². The molecule has 0 atom stereocenters. The third-order valence-electron chi connectivity index (χ3n) is 4.86. The molecule has 120 valence electrons. The Labute approximate surface area is 140 Å². The van der Waals surface area contributed by atoms with Crippen molar-refractivity contribution in [1.29, 1.82) is 5.26 Å². The number of nitriles is 1. The molecule has 0 radical (unpaired) electrons. The fourth-order valence-electron chi connectivity index (χ4n) is 3.47. The number of pyridine rings is 1. The van der Waals surface area contributed by atoms with Gasteiger partial charge in [-0.3, -0.25) is 0 Å². The van der Waals surface area contributed by atoms with Crippen molar-refractivity contribution >= 4 is 11.0 Å². The Kier molecular flexibility index (Phi) is 3.57. The molecular formula is C19H18N4O. The van der Waals surface area contributed by atoms with Crippen LogP contribution in [0.25, 0.3) is 22.2 Å². The molecule has 2 aromatic heterocycles. The summed E-state index contributed by atoms with van der Waals surface area (Å²) in [6, 6.07) is 12.1. The van der Waals surface area contributed by atoms with Crippen molar-refractivity contribution in [3.63, 3.8) is 0 Å². The molecule has 0 spiro atoms. The maximum atomic E-state index is 10.8. The lowest BCUT2D eigenvalue weighted by molar-refractivity contribution is 0.00595. The lowest BCUT2D eigenvalue weighted by Crippen LogP contribution is -2.39. The molecule has 1 aliphatic rings. The molecule has 5 nitrogen and oxygen atoms in total. The van der Waals surface area contributed by atoms with E-state index in [4.69, 9.17) is 0 Å². The van der Waals surface area contributed by atoms with Crippen LogP contribution in [0.4, 0.5) is 0 Å². The highest BCUT2D eigenvalue weighted by Crippen LogP contribution is 2.34. The van der Waals surface area contributed by atoms with Crippen LogP contribution >= 0.6 is 0 Å². The van der Waals surface area contributed by atoms with E-state index >= 15 is 0 Å². The summed E-state index contributed by atoms with van der Waals surface area (Å²) in [6.07, 6.45) is 4.88. The largest absolute Gasteiger partial charge is 0.385 e. The summed E-state index contributed by atoms with van der Waals surface area (Å²) in [6.45, 7) is 1.66. The number of rotatable bonds is 2. The first kappa shape index (κ1) is 14.9. The third kappa shape index (κ3) is 2.37. The van der Waals surface area contributed by atoms with Gasteiger partial charge in [0.15, 0.2) is 0 Å². The fraction of sp³-hybridized carbons (Fsp3) is 0.263. The number of piperidine rings is 1. The van der Waals surface area contributed by atoms with E-state index in [2.05, 4.69) is 21.4 Å². The van der Waals surface area contributed by atoms with Gasteiger partial charge in [-0.1, -0.05) is 24.3 Å². The first-order valence-electron chi connectivity index (χ1n) is 8.11. The summed E-state index contributed by atoms with van der Waals surface area (Å²) in [5.41, 5.74) is 3.50. The molecule has 5 heteroatoms. The molecule has 0 aliphatic carbocycles. The van der Waals surface area contributed by atoms with Crippen molar-refractivity contribution in [1.82, 2.24) is 15.3 Å². The van der Waals surface area contributed by atoms with Gasteiger partial charge in [0.05, 0.1) is 11.2 Å². The zero-order valence-corrected chi connectivity index (χ0v) is 13.2. The first-order valence-corrected chi connectivity index (χ1v) is 8.11. The van der Waals surface area contributed by atoms with Gasteiger partial charge in [0, 0.05) is 17.8 Å². The molecule has 3 aromatic rings. The Morgan fingerprint density at radius 3 is 2.58 bits per heavy atom. The van der Waals surface area contributed by atoms with Crippen LogP contribution in [-0.4, -0.2) is 28.2 Å². The zero-order valence-electron chi connectivity index (χ0n) is 13.2. The quantitative estimate of drug-likeness (QED) is 0.678. The van der Waals surface area contributed by atoms with Gasteiger partial charge in [0.25, 0.3) is 0 Å². The predicted molar refractivity (Wildman–Crippen MR) is 92.2 cm³/mol. The van der Waals surface area contributed by atoms with Gasteiger partial charge in [-0.25, -0.2) is 4.98 Å². The average molecular weight is 318 g/mol. The summed E-state index contributed by atoms with van der Waals surface area (Å²) >= 11 is 0. The molecule has 3 N–H and O–H groups in total. The van der Waals surface area contributed by atoms with Crippen molar-refractivity contribution in [3.05, 3.63) is 53.9 Å². The maximum absolute atomic E-state index is 10.8. The summed E-state index contributed by atoms with van der Waals surface area (Å²) in [4.78, 5) is 7.32. The summed E-state index contributed by atoms with van der Waals surface area (Å²) in [5, 5.41) is 24.3. The molecule has 3 heterocycles. The van der Waals surface area contributed by atoms with Crippen LogP contribution in [0.3, 0.4) is 0 Å². The monoisotopic (exact) mass is 318 g/mol. The number of aromatic nitrogens is 2. The second kappa shape index (κ2) is 5.75. The van der Waals surface area contributed by atoms with E-state index in [-0.39, 0.29) is 0 Å². The fourth-order valence-corrected chi connectivity index (χ4v) is 3.47. The molecule has 0 bridgehead atoms. The van der Waals surface area contributed by atoms with Gasteiger partial charge in [0.2, 0.25) is 0 Å². The summed E-state index contributed by atoms with van der Waals surface area (Å²) in [7, 11) is 0. The molecule has 1 aromatic carbocycles. The van der Waals surface area contributed by atoms with E-state index < -0.39 is 5.60 Å². The van der Waals surface area contributed by atoms with E-state index in [0.717, 1.165) is 48.0 Å². The number of hydrogen-bond acceptors (Lipinski definition) is 4. The van der Waals surface area contributed by atoms with Crippen LogP contribution in [-0.2, 0) is 5.60 Å². The Morgan fingerprint density at radius 1 is 1.12 bits per heavy atom. The number of aliphatic hydroxyl groups is 1.